The second-order valence-electron chi connectivity index (χ2n) is 4.30. The lowest BCUT2D eigenvalue weighted by Crippen LogP contribution is -2.24. The maximum Gasteiger partial charge on any atom is 0.0426 e. The number of alkyl halides is 1. The van der Waals surface area contributed by atoms with Crippen molar-refractivity contribution in [1.82, 2.24) is 0 Å². The summed E-state index contributed by atoms with van der Waals surface area (Å²) in [6.45, 7) is 5.56. The molecule has 0 aliphatic heterocycles. The van der Waals surface area contributed by atoms with Crippen LogP contribution in [-0.4, -0.2) is 13.6 Å². The van der Waals surface area contributed by atoms with Crippen LogP contribution in [0.4, 0.5) is 5.69 Å². The molecule has 0 radical (unpaired) electrons. The van der Waals surface area contributed by atoms with Crippen LogP contribution in [0.5, 0.6) is 0 Å². The zero-order chi connectivity index (χ0) is 12.1. The van der Waals surface area contributed by atoms with Gasteiger partial charge in [0.05, 0.1) is 0 Å². The van der Waals surface area contributed by atoms with Gasteiger partial charge < -0.3 is 4.90 Å². The Balaban J connectivity index is 2.88. The fraction of sp³-hybridized carbons (Fsp3) is 0.538. The zero-order valence-electron chi connectivity index (χ0n) is 10.1. The number of hydrogen-bond donors (Lipinski definition) is 0. The molecule has 3 heteroatoms. The monoisotopic (exact) mass is 303 g/mol. The summed E-state index contributed by atoms with van der Waals surface area (Å²) in [4.78, 5) is 2.29. The summed E-state index contributed by atoms with van der Waals surface area (Å²) in [5, 5.41) is 1.67. The third-order valence-electron chi connectivity index (χ3n) is 2.89. The van der Waals surface area contributed by atoms with E-state index >= 15 is 0 Å². The van der Waals surface area contributed by atoms with Gasteiger partial charge in [0, 0.05) is 29.6 Å². The number of anilines is 1. The molecule has 1 unspecified atom stereocenters. The molecule has 90 valence electrons. The molecule has 1 rings (SSSR count). The van der Waals surface area contributed by atoms with Gasteiger partial charge in [-0.15, -0.1) is 0 Å². The predicted octanol–water partition coefficient (Wildman–Crippen LogP) is 4.72. The second kappa shape index (κ2) is 6.51. The van der Waals surface area contributed by atoms with Crippen molar-refractivity contribution in [2.45, 2.75) is 25.6 Å². The highest BCUT2D eigenvalue weighted by Crippen LogP contribution is 2.26. The second-order valence-corrected chi connectivity index (χ2v) is 5.30. The first-order valence-electron chi connectivity index (χ1n) is 5.64. The molecule has 0 amide bonds. The van der Waals surface area contributed by atoms with E-state index < -0.39 is 0 Å². The average molecular weight is 305 g/mol. The highest BCUT2D eigenvalue weighted by Gasteiger charge is 2.10. The van der Waals surface area contributed by atoms with Crippen molar-refractivity contribution in [2.24, 2.45) is 5.92 Å². The van der Waals surface area contributed by atoms with Crippen molar-refractivity contribution < 1.29 is 0 Å². The van der Waals surface area contributed by atoms with Crippen LogP contribution in [0.2, 0.25) is 5.02 Å². The van der Waals surface area contributed by atoms with Crippen molar-refractivity contribution in [3.05, 3.63) is 28.8 Å². The van der Waals surface area contributed by atoms with Crippen LogP contribution in [0.15, 0.2) is 18.2 Å². The molecule has 1 aromatic rings. The van der Waals surface area contributed by atoms with Gasteiger partial charge in [-0.25, -0.2) is 0 Å². The third-order valence-corrected chi connectivity index (χ3v) is 3.72. The van der Waals surface area contributed by atoms with Gasteiger partial charge in [0.25, 0.3) is 0 Å². The molecule has 0 saturated carbocycles. The van der Waals surface area contributed by atoms with Crippen LogP contribution >= 0.6 is 27.5 Å². The van der Waals surface area contributed by atoms with Crippen LogP contribution in [0, 0.1) is 5.92 Å². The standard InChI is InChI=1S/C13H19BrClN/c1-4-10(2)9-16(3)13-7-12(15)6-5-11(13)8-14/h5-7,10H,4,8-9H2,1-3H3. The van der Waals surface area contributed by atoms with Crippen LogP contribution in [-0.2, 0) is 5.33 Å². The molecule has 0 bridgehead atoms. The van der Waals surface area contributed by atoms with E-state index in [-0.39, 0.29) is 0 Å². The molecule has 1 aromatic carbocycles. The summed E-state index contributed by atoms with van der Waals surface area (Å²) in [6.07, 6.45) is 1.20. The van der Waals surface area contributed by atoms with Crippen molar-refractivity contribution in [3.8, 4) is 0 Å². The smallest absolute Gasteiger partial charge is 0.0426 e. The van der Waals surface area contributed by atoms with Gasteiger partial charge >= 0.3 is 0 Å². The van der Waals surface area contributed by atoms with Gasteiger partial charge in [0.15, 0.2) is 0 Å². The molecule has 1 nitrogen and oxygen atoms in total. The van der Waals surface area contributed by atoms with Gasteiger partial charge in [-0.2, -0.15) is 0 Å². The Morgan fingerprint density at radius 3 is 2.69 bits per heavy atom. The van der Waals surface area contributed by atoms with Crippen LogP contribution in [0.3, 0.4) is 0 Å². The lowest BCUT2D eigenvalue weighted by molar-refractivity contribution is 0.559. The van der Waals surface area contributed by atoms with E-state index in [4.69, 9.17) is 11.6 Å². The van der Waals surface area contributed by atoms with Crippen LogP contribution in [0.1, 0.15) is 25.8 Å². The summed E-state index contributed by atoms with van der Waals surface area (Å²) in [7, 11) is 2.13. The molecule has 0 spiro atoms. The van der Waals surface area contributed by atoms with Gasteiger partial charge in [0.2, 0.25) is 0 Å². The quantitative estimate of drug-likeness (QED) is 0.712. The van der Waals surface area contributed by atoms with Crippen molar-refractivity contribution in [1.29, 1.82) is 0 Å². The summed E-state index contributed by atoms with van der Waals surface area (Å²) in [5.74, 6) is 0.701. The number of hydrogen-bond acceptors (Lipinski definition) is 1. The number of benzene rings is 1. The molecular weight excluding hydrogens is 286 g/mol. The fourth-order valence-electron chi connectivity index (χ4n) is 1.70. The Morgan fingerprint density at radius 1 is 1.44 bits per heavy atom. The highest BCUT2D eigenvalue weighted by molar-refractivity contribution is 9.08. The van der Waals surface area contributed by atoms with Gasteiger partial charge in [-0.1, -0.05) is 53.9 Å². The first-order valence-corrected chi connectivity index (χ1v) is 7.14. The molecule has 16 heavy (non-hydrogen) atoms. The van der Waals surface area contributed by atoms with E-state index in [1.165, 1.54) is 17.7 Å². The Bertz CT molecular complexity index is 341. The summed E-state index contributed by atoms with van der Waals surface area (Å²) < 4.78 is 0. The average Bonchev–Trinajstić information content (AvgIpc) is 2.28. The Morgan fingerprint density at radius 2 is 2.12 bits per heavy atom. The van der Waals surface area contributed by atoms with E-state index in [0.29, 0.717) is 5.92 Å². The van der Waals surface area contributed by atoms with Crippen molar-refractivity contribution in [3.63, 3.8) is 0 Å². The SMILES string of the molecule is CCC(C)CN(C)c1cc(Cl)ccc1CBr. The molecule has 0 heterocycles. The predicted molar refractivity (Wildman–Crippen MR) is 76.8 cm³/mol. The van der Waals surface area contributed by atoms with E-state index in [1.807, 2.05) is 12.1 Å². The summed E-state index contributed by atoms with van der Waals surface area (Å²) in [5.41, 5.74) is 2.51. The fourth-order valence-corrected chi connectivity index (χ4v) is 2.34. The van der Waals surface area contributed by atoms with E-state index in [0.717, 1.165) is 16.9 Å². The maximum absolute atomic E-state index is 6.05. The van der Waals surface area contributed by atoms with E-state index in [1.54, 1.807) is 0 Å². The molecule has 0 N–H and O–H groups in total. The minimum absolute atomic E-state index is 0.701. The molecule has 0 aromatic heterocycles. The largest absolute Gasteiger partial charge is 0.374 e. The van der Waals surface area contributed by atoms with Gasteiger partial charge in [-0.3, -0.25) is 0 Å². The maximum atomic E-state index is 6.05. The number of rotatable bonds is 5. The minimum atomic E-state index is 0.701. The molecule has 0 aliphatic carbocycles. The number of halogens is 2. The lowest BCUT2D eigenvalue weighted by atomic mass is 10.1. The van der Waals surface area contributed by atoms with Gasteiger partial charge in [-0.05, 0) is 23.6 Å². The lowest BCUT2D eigenvalue weighted by Gasteiger charge is -2.25. The highest BCUT2D eigenvalue weighted by atomic mass is 79.9. The third kappa shape index (κ3) is 3.67. The van der Waals surface area contributed by atoms with Crippen molar-refractivity contribution >= 4 is 33.2 Å². The topological polar surface area (TPSA) is 3.24 Å². The Hall–Kier alpha value is -0.210. The van der Waals surface area contributed by atoms with E-state index in [9.17, 15) is 0 Å². The molecule has 0 saturated heterocycles. The summed E-state index contributed by atoms with van der Waals surface area (Å²) >= 11 is 9.56. The minimum Gasteiger partial charge on any atom is -0.374 e. The van der Waals surface area contributed by atoms with Crippen LogP contribution < -0.4 is 4.90 Å². The normalized spacial score (nSPS) is 12.6. The van der Waals surface area contributed by atoms with Crippen LogP contribution in [0.25, 0.3) is 0 Å². The van der Waals surface area contributed by atoms with Crippen molar-refractivity contribution in [2.75, 3.05) is 18.5 Å². The number of nitrogens with zero attached hydrogens (tertiary/aromatic N) is 1. The Kier molecular flexibility index (Phi) is 5.63. The molecule has 0 aliphatic rings. The van der Waals surface area contributed by atoms with E-state index in [2.05, 4.69) is 47.8 Å². The summed E-state index contributed by atoms with van der Waals surface area (Å²) in [6, 6.07) is 6.07. The first kappa shape index (κ1) is 13.9. The first-order chi connectivity index (χ1) is 7.58. The molecular formula is C13H19BrClN. The zero-order valence-corrected chi connectivity index (χ0v) is 12.5. The molecule has 1 atom stereocenters. The Labute approximate surface area is 112 Å². The molecule has 0 fully saturated rings. The van der Waals surface area contributed by atoms with Gasteiger partial charge in [0.1, 0.15) is 0 Å².